The van der Waals surface area contributed by atoms with E-state index >= 15 is 0 Å². The summed E-state index contributed by atoms with van der Waals surface area (Å²) in [7, 11) is 1.56. The van der Waals surface area contributed by atoms with Gasteiger partial charge in [0, 0.05) is 24.7 Å². The van der Waals surface area contributed by atoms with E-state index in [1.165, 1.54) is 4.90 Å². The number of nitrogens with two attached hydrogens (primary N) is 1. The lowest BCUT2D eigenvalue weighted by molar-refractivity contribution is -0.135. The van der Waals surface area contributed by atoms with E-state index in [1.54, 1.807) is 25.3 Å². The molecule has 37 heavy (non-hydrogen) atoms. The van der Waals surface area contributed by atoms with Crippen molar-refractivity contribution >= 4 is 17.8 Å². The fraction of sp³-hybridized carbons (Fsp3) is 0.464. The van der Waals surface area contributed by atoms with Gasteiger partial charge < -0.3 is 25.6 Å². The largest absolute Gasteiger partial charge is 0.490 e. The molecule has 4 atom stereocenters. The molecular formula is C28H34N4O5. The quantitative estimate of drug-likeness (QED) is 0.553. The van der Waals surface area contributed by atoms with E-state index in [9.17, 15) is 14.7 Å². The first-order valence-corrected chi connectivity index (χ1v) is 12.8. The molecule has 0 spiro atoms. The maximum atomic E-state index is 13.5. The number of amides is 2. The van der Waals surface area contributed by atoms with E-state index < -0.39 is 29.8 Å². The third kappa shape index (κ3) is 4.36. The highest BCUT2D eigenvalue weighted by molar-refractivity contribution is 6.00. The predicted octanol–water partition coefficient (Wildman–Crippen LogP) is 2.63. The second kappa shape index (κ2) is 9.79. The number of hydrogen-bond acceptors (Lipinski definition) is 7. The van der Waals surface area contributed by atoms with Gasteiger partial charge in [0.25, 0.3) is 5.91 Å². The van der Waals surface area contributed by atoms with Gasteiger partial charge >= 0.3 is 0 Å². The number of nitrogens with zero attached hydrogens (tertiary/aromatic N) is 2. The molecule has 2 aliphatic heterocycles. The second-order valence-corrected chi connectivity index (χ2v) is 10.0. The minimum atomic E-state index is -0.702. The average molecular weight is 507 g/mol. The molecular weight excluding hydrogens is 472 g/mol. The Kier molecular flexibility index (Phi) is 6.68. The molecule has 2 aromatic rings. The second-order valence-electron chi connectivity index (χ2n) is 10.0. The predicted molar refractivity (Wildman–Crippen MR) is 138 cm³/mol. The molecule has 2 amide bonds. The van der Waals surface area contributed by atoms with Crippen molar-refractivity contribution in [2.45, 2.75) is 69.4 Å². The lowest BCUT2D eigenvalue weighted by Gasteiger charge is -2.44. The summed E-state index contributed by atoms with van der Waals surface area (Å²) in [6.45, 7) is 4.25. The highest BCUT2D eigenvalue weighted by Gasteiger charge is 2.45. The Hall–Kier alpha value is -3.43. The first-order valence-electron chi connectivity index (χ1n) is 12.8. The molecule has 0 aromatic heterocycles. The number of guanidine groups is 1. The summed E-state index contributed by atoms with van der Waals surface area (Å²) in [5.74, 6) is 0.256. The molecule has 4 N–H and O–H groups in total. The summed E-state index contributed by atoms with van der Waals surface area (Å²) >= 11 is 0. The number of aliphatic imine (C=N–C) groups is 1. The average Bonchev–Trinajstić information content (AvgIpc) is 3.22. The van der Waals surface area contributed by atoms with Crippen molar-refractivity contribution in [1.29, 1.82) is 0 Å². The molecule has 0 saturated carbocycles. The molecule has 0 saturated heterocycles. The van der Waals surface area contributed by atoms with Gasteiger partial charge in [0.05, 0.1) is 30.1 Å². The van der Waals surface area contributed by atoms with E-state index in [2.05, 4.69) is 5.32 Å². The molecule has 0 fully saturated rings. The summed E-state index contributed by atoms with van der Waals surface area (Å²) in [6, 6.07) is 11.7. The van der Waals surface area contributed by atoms with Crippen LogP contribution < -0.4 is 15.8 Å². The first kappa shape index (κ1) is 25.2. The van der Waals surface area contributed by atoms with Crippen molar-refractivity contribution in [2.75, 3.05) is 13.7 Å². The molecule has 1 aliphatic carbocycles. The van der Waals surface area contributed by atoms with E-state index in [0.29, 0.717) is 36.1 Å². The minimum absolute atomic E-state index is 0.128. The Bertz CT molecular complexity index is 1240. The number of methoxy groups -OCH3 is 1. The Morgan fingerprint density at radius 2 is 2.00 bits per heavy atom. The van der Waals surface area contributed by atoms with Crippen molar-refractivity contribution in [3.05, 3.63) is 64.7 Å². The molecule has 5 rings (SSSR count). The summed E-state index contributed by atoms with van der Waals surface area (Å²) in [5.41, 5.74) is 8.87. The van der Waals surface area contributed by atoms with Crippen LogP contribution in [-0.4, -0.2) is 59.2 Å². The number of carbonyl (C=O) groups is 2. The van der Waals surface area contributed by atoms with Gasteiger partial charge in [-0.25, -0.2) is 4.99 Å². The molecule has 196 valence electrons. The monoisotopic (exact) mass is 506 g/mol. The van der Waals surface area contributed by atoms with Crippen LogP contribution in [-0.2, 0) is 16.0 Å². The Morgan fingerprint density at radius 1 is 1.24 bits per heavy atom. The number of aliphatic hydroxyl groups is 1. The molecule has 3 aliphatic rings. The molecule has 0 bridgehead atoms. The number of aliphatic hydroxyl groups excluding tert-OH is 1. The van der Waals surface area contributed by atoms with Crippen molar-refractivity contribution in [3.8, 4) is 5.75 Å². The number of nitrogens with one attached hydrogen (secondary N) is 1. The zero-order valence-corrected chi connectivity index (χ0v) is 21.4. The summed E-state index contributed by atoms with van der Waals surface area (Å²) in [6.07, 6.45) is 0.965. The standard InChI is InChI=1S/C28H34N4O5/c1-4-28(5-2)14-23(34)32(27(29)31-28)25-19-12-17(10-11-21(19)37-15-22(25)36-3)26(35)30-24-18-9-7-6-8-16(18)13-20(24)33/h6-12,20,22,24-25,33H,4-5,13-15H2,1-3H3,(H2,29,31)(H,30,35)/t20-,22+,24-,25+/m1/s1. The molecule has 9 heteroatoms. The van der Waals surface area contributed by atoms with Gasteiger partial charge in [-0.3, -0.25) is 14.5 Å². The van der Waals surface area contributed by atoms with E-state index in [0.717, 1.165) is 11.1 Å². The van der Waals surface area contributed by atoms with Crippen LogP contribution in [0.25, 0.3) is 0 Å². The van der Waals surface area contributed by atoms with Crippen LogP contribution in [0.5, 0.6) is 5.75 Å². The molecule has 2 aromatic carbocycles. The van der Waals surface area contributed by atoms with Crippen molar-refractivity contribution in [2.24, 2.45) is 10.7 Å². The smallest absolute Gasteiger partial charge is 0.251 e. The van der Waals surface area contributed by atoms with Crippen LogP contribution in [0.15, 0.2) is 47.5 Å². The zero-order valence-electron chi connectivity index (χ0n) is 21.4. The van der Waals surface area contributed by atoms with Crippen LogP contribution in [0.1, 0.15) is 72.2 Å². The van der Waals surface area contributed by atoms with Crippen molar-refractivity contribution < 1.29 is 24.2 Å². The van der Waals surface area contributed by atoms with Crippen molar-refractivity contribution in [3.63, 3.8) is 0 Å². The number of benzene rings is 2. The van der Waals surface area contributed by atoms with Crippen molar-refractivity contribution in [1.82, 2.24) is 10.2 Å². The molecule has 0 radical (unpaired) electrons. The Morgan fingerprint density at radius 3 is 2.70 bits per heavy atom. The number of carbonyl (C=O) groups excluding carboxylic acids is 2. The lowest BCUT2D eigenvalue weighted by atomic mass is 9.86. The lowest BCUT2D eigenvalue weighted by Crippen LogP contribution is -2.56. The summed E-state index contributed by atoms with van der Waals surface area (Å²) in [5, 5.41) is 13.6. The van der Waals surface area contributed by atoms with Gasteiger partial charge in [0.2, 0.25) is 5.91 Å². The van der Waals surface area contributed by atoms with Crippen LogP contribution in [0.2, 0.25) is 0 Å². The fourth-order valence-corrected chi connectivity index (χ4v) is 5.78. The third-order valence-electron chi connectivity index (χ3n) is 8.08. The first-order chi connectivity index (χ1) is 17.8. The van der Waals surface area contributed by atoms with Gasteiger partial charge in [0.1, 0.15) is 18.5 Å². The van der Waals surface area contributed by atoms with E-state index in [4.69, 9.17) is 20.2 Å². The van der Waals surface area contributed by atoms with E-state index in [-0.39, 0.29) is 30.8 Å². The van der Waals surface area contributed by atoms with Gasteiger partial charge in [-0.05, 0) is 42.2 Å². The number of rotatable bonds is 6. The van der Waals surface area contributed by atoms with E-state index in [1.807, 2.05) is 38.1 Å². The Labute approximate surface area is 216 Å². The van der Waals surface area contributed by atoms with Crippen LogP contribution in [0, 0.1) is 0 Å². The number of fused-ring (bicyclic) bond motifs is 2. The molecule has 9 nitrogen and oxygen atoms in total. The topological polar surface area (TPSA) is 126 Å². The maximum absolute atomic E-state index is 13.5. The van der Waals surface area contributed by atoms with Crippen LogP contribution in [0.4, 0.5) is 0 Å². The number of ether oxygens (including phenoxy) is 2. The fourth-order valence-electron chi connectivity index (χ4n) is 5.78. The highest BCUT2D eigenvalue weighted by Crippen LogP contribution is 2.41. The molecule has 0 unspecified atom stereocenters. The normalized spacial score (nSPS) is 26.1. The summed E-state index contributed by atoms with van der Waals surface area (Å²) < 4.78 is 11.6. The van der Waals surface area contributed by atoms with Gasteiger partial charge in [0.15, 0.2) is 5.96 Å². The zero-order chi connectivity index (χ0) is 26.3. The Balaban J connectivity index is 1.48. The molecule has 2 heterocycles. The van der Waals surface area contributed by atoms with Crippen LogP contribution >= 0.6 is 0 Å². The highest BCUT2D eigenvalue weighted by atomic mass is 16.5. The number of hydrogen-bond donors (Lipinski definition) is 3. The summed E-state index contributed by atoms with van der Waals surface area (Å²) in [4.78, 5) is 33.1. The van der Waals surface area contributed by atoms with Gasteiger partial charge in [-0.15, -0.1) is 0 Å². The SMILES string of the molecule is CCC1(CC)CC(=O)N([C@H]2c3cc(C(=O)N[C@@H]4c5ccccc5C[C@H]4O)ccc3OC[C@@H]2OC)C(N)=N1. The minimum Gasteiger partial charge on any atom is -0.490 e. The van der Waals surface area contributed by atoms with Gasteiger partial charge in [-0.2, -0.15) is 0 Å². The van der Waals surface area contributed by atoms with Crippen LogP contribution in [0.3, 0.4) is 0 Å². The van der Waals surface area contributed by atoms with Gasteiger partial charge in [-0.1, -0.05) is 38.1 Å². The third-order valence-corrected chi connectivity index (χ3v) is 8.08. The maximum Gasteiger partial charge on any atom is 0.251 e.